The summed E-state index contributed by atoms with van der Waals surface area (Å²) in [5.41, 5.74) is 7.34. The molecule has 0 aliphatic carbocycles. The van der Waals surface area contributed by atoms with Crippen LogP contribution in [0, 0.1) is 5.95 Å². The molecule has 4 nitrogen and oxygen atoms in total. The van der Waals surface area contributed by atoms with Crippen LogP contribution in [0.5, 0.6) is 0 Å². The highest BCUT2D eigenvalue weighted by Crippen LogP contribution is 2.20. The highest BCUT2D eigenvalue weighted by atomic mass is 19.1. The van der Waals surface area contributed by atoms with E-state index in [-0.39, 0.29) is 17.6 Å². The number of nitrogens with one attached hydrogen (secondary N) is 1. The number of rotatable bonds is 4. The van der Waals surface area contributed by atoms with Gasteiger partial charge in [-0.05, 0) is 35.7 Å². The molecule has 0 bridgehead atoms. The quantitative estimate of drug-likeness (QED) is 0.664. The first kappa shape index (κ1) is 14.0. The third kappa shape index (κ3) is 3.78. The molecule has 3 N–H and O–H groups in total. The summed E-state index contributed by atoms with van der Waals surface area (Å²) in [6, 6.07) is 11.7. The van der Waals surface area contributed by atoms with Crippen molar-refractivity contribution in [3.63, 3.8) is 0 Å². The maximum Gasteiger partial charge on any atom is 0.226 e. The lowest BCUT2D eigenvalue weighted by molar-refractivity contribution is -0.116. The third-order valence-corrected chi connectivity index (χ3v) is 2.98. The number of nitrogens with two attached hydrogens (primary N) is 1. The molecule has 1 amide bonds. The number of benzene rings is 1. The molecule has 0 aliphatic rings. The predicted octanol–water partition coefficient (Wildman–Crippen LogP) is 2.94. The molecule has 1 aromatic heterocycles. The van der Waals surface area contributed by atoms with Crippen molar-refractivity contribution in [2.75, 3.05) is 11.1 Å². The summed E-state index contributed by atoms with van der Waals surface area (Å²) in [6.45, 7) is 1.95. The minimum atomic E-state index is -0.616. The van der Waals surface area contributed by atoms with Crippen molar-refractivity contribution in [1.29, 1.82) is 0 Å². The van der Waals surface area contributed by atoms with Gasteiger partial charge in [0.25, 0.3) is 0 Å². The van der Waals surface area contributed by atoms with E-state index in [1.54, 1.807) is 18.2 Å². The Morgan fingerprint density at radius 1 is 1.30 bits per heavy atom. The first-order chi connectivity index (χ1) is 9.54. The fourth-order valence-corrected chi connectivity index (χ4v) is 1.89. The van der Waals surface area contributed by atoms with Crippen molar-refractivity contribution >= 4 is 17.4 Å². The van der Waals surface area contributed by atoms with Crippen LogP contribution in [0.25, 0.3) is 0 Å². The average molecular weight is 273 g/mol. The van der Waals surface area contributed by atoms with Crippen LogP contribution in [-0.4, -0.2) is 10.9 Å². The second-order valence-corrected chi connectivity index (χ2v) is 4.67. The molecule has 2 aromatic rings. The number of anilines is 2. The number of hydrogen-bond donors (Lipinski definition) is 2. The number of aromatic nitrogens is 1. The number of amides is 1. The first-order valence-electron chi connectivity index (χ1n) is 6.32. The van der Waals surface area contributed by atoms with Crippen LogP contribution in [0.1, 0.15) is 24.8 Å². The Morgan fingerprint density at radius 3 is 2.65 bits per heavy atom. The highest BCUT2D eigenvalue weighted by Gasteiger charge is 2.12. The Morgan fingerprint density at radius 2 is 2.00 bits per heavy atom. The maximum atomic E-state index is 12.9. The Balaban J connectivity index is 1.95. The van der Waals surface area contributed by atoms with Crippen molar-refractivity contribution in [2.45, 2.75) is 19.3 Å². The zero-order valence-electron chi connectivity index (χ0n) is 11.1. The average Bonchev–Trinajstić information content (AvgIpc) is 2.39. The SMILES string of the molecule is CC(CC(=O)Nc1cccc(F)n1)c1ccc(N)cc1. The van der Waals surface area contributed by atoms with Crippen LogP contribution < -0.4 is 11.1 Å². The van der Waals surface area contributed by atoms with Gasteiger partial charge in [0.2, 0.25) is 11.9 Å². The predicted molar refractivity (Wildman–Crippen MR) is 76.7 cm³/mol. The maximum absolute atomic E-state index is 12.9. The molecule has 0 spiro atoms. The van der Waals surface area contributed by atoms with E-state index in [1.165, 1.54) is 12.1 Å². The number of halogens is 1. The number of nitrogens with zero attached hydrogens (tertiary/aromatic N) is 1. The van der Waals surface area contributed by atoms with Gasteiger partial charge in [-0.3, -0.25) is 4.79 Å². The van der Waals surface area contributed by atoms with Crippen LogP contribution in [0.2, 0.25) is 0 Å². The minimum absolute atomic E-state index is 0.0455. The fourth-order valence-electron chi connectivity index (χ4n) is 1.89. The van der Waals surface area contributed by atoms with Gasteiger partial charge in [-0.25, -0.2) is 4.98 Å². The lowest BCUT2D eigenvalue weighted by atomic mass is 9.97. The van der Waals surface area contributed by atoms with E-state index in [1.807, 2.05) is 19.1 Å². The molecule has 1 heterocycles. The molecule has 1 unspecified atom stereocenters. The smallest absolute Gasteiger partial charge is 0.226 e. The van der Waals surface area contributed by atoms with Gasteiger partial charge in [-0.1, -0.05) is 25.1 Å². The monoisotopic (exact) mass is 273 g/mol. The van der Waals surface area contributed by atoms with Crippen molar-refractivity contribution in [3.05, 3.63) is 54.0 Å². The van der Waals surface area contributed by atoms with Gasteiger partial charge in [0.1, 0.15) is 5.82 Å². The molecular formula is C15H16FN3O. The summed E-state index contributed by atoms with van der Waals surface area (Å²) >= 11 is 0. The molecule has 104 valence electrons. The number of carbonyl (C=O) groups is 1. The molecule has 0 saturated carbocycles. The molecule has 20 heavy (non-hydrogen) atoms. The number of nitrogen functional groups attached to an aromatic ring is 1. The van der Waals surface area contributed by atoms with Gasteiger partial charge >= 0.3 is 0 Å². The summed E-state index contributed by atoms with van der Waals surface area (Å²) in [4.78, 5) is 15.5. The van der Waals surface area contributed by atoms with Crippen LogP contribution in [0.3, 0.4) is 0 Å². The molecule has 5 heteroatoms. The van der Waals surface area contributed by atoms with E-state index in [0.717, 1.165) is 5.56 Å². The lowest BCUT2D eigenvalue weighted by Crippen LogP contribution is -2.15. The Bertz CT molecular complexity index is 598. The topological polar surface area (TPSA) is 68.0 Å². The van der Waals surface area contributed by atoms with Crippen LogP contribution in [-0.2, 0) is 4.79 Å². The molecule has 2 rings (SSSR count). The fraction of sp³-hybridized carbons (Fsp3) is 0.200. The number of pyridine rings is 1. The van der Waals surface area contributed by atoms with E-state index in [0.29, 0.717) is 12.1 Å². The first-order valence-corrected chi connectivity index (χ1v) is 6.32. The van der Waals surface area contributed by atoms with Gasteiger partial charge in [0.05, 0.1) is 0 Å². The van der Waals surface area contributed by atoms with Crippen molar-refractivity contribution in [1.82, 2.24) is 4.98 Å². The Labute approximate surface area is 116 Å². The summed E-state index contributed by atoms with van der Waals surface area (Å²) in [7, 11) is 0. The van der Waals surface area contributed by atoms with Crippen LogP contribution >= 0.6 is 0 Å². The van der Waals surface area contributed by atoms with Crippen molar-refractivity contribution in [2.24, 2.45) is 0 Å². The third-order valence-electron chi connectivity index (χ3n) is 2.98. The highest BCUT2D eigenvalue weighted by molar-refractivity contribution is 5.90. The number of hydrogen-bond acceptors (Lipinski definition) is 3. The standard InChI is InChI=1S/C15H16FN3O/c1-10(11-5-7-12(17)8-6-11)9-15(20)19-14-4-2-3-13(16)18-14/h2-8,10H,9,17H2,1H3,(H,18,19,20). The lowest BCUT2D eigenvalue weighted by Gasteiger charge is -2.12. The zero-order valence-corrected chi connectivity index (χ0v) is 11.1. The van der Waals surface area contributed by atoms with E-state index < -0.39 is 5.95 Å². The van der Waals surface area contributed by atoms with Crippen molar-refractivity contribution in [3.8, 4) is 0 Å². The van der Waals surface area contributed by atoms with E-state index >= 15 is 0 Å². The van der Waals surface area contributed by atoms with Gasteiger partial charge in [-0.2, -0.15) is 4.39 Å². The van der Waals surface area contributed by atoms with Gasteiger partial charge in [-0.15, -0.1) is 0 Å². The number of carbonyl (C=O) groups excluding carboxylic acids is 1. The Hall–Kier alpha value is -2.43. The molecule has 0 radical (unpaired) electrons. The second kappa shape index (κ2) is 6.14. The van der Waals surface area contributed by atoms with Crippen LogP contribution in [0.4, 0.5) is 15.9 Å². The van der Waals surface area contributed by atoms with Crippen molar-refractivity contribution < 1.29 is 9.18 Å². The normalized spacial score (nSPS) is 11.9. The van der Waals surface area contributed by atoms with E-state index in [4.69, 9.17) is 5.73 Å². The zero-order chi connectivity index (χ0) is 14.5. The van der Waals surface area contributed by atoms with Gasteiger partial charge in [0, 0.05) is 12.1 Å². The molecular weight excluding hydrogens is 257 g/mol. The van der Waals surface area contributed by atoms with E-state index in [9.17, 15) is 9.18 Å². The van der Waals surface area contributed by atoms with Crippen LogP contribution in [0.15, 0.2) is 42.5 Å². The molecule has 0 saturated heterocycles. The summed E-state index contributed by atoms with van der Waals surface area (Å²) in [5.74, 6) is -0.550. The summed E-state index contributed by atoms with van der Waals surface area (Å²) in [5, 5.41) is 2.58. The summed E-state index contributed by atoms with van der Waals surface area (Å²) in [6.07, 6.45) is 0.294. The molecule has 0 aliphatic heterocycles. The van der Waals surface area contributed by atoms with Gasteiger partial charge in [0.15, 0.2) is 0 Å². The molecule has 0 fully saturated rings. The second-order valence-electron chi connectivity index (χ2n) is 4.67. The van der Waals surface area contributed by atoms with Gasteiger partial charge < -0.3 is 11.1 Å². The molecule has 1 atom stereocenters. The summed E-state index contributed by atoms with van der Waals surface area (Å²) < 4.78 is 12.9. The van der Waals surface area contributed by atoms with E-state index in [2.05, 4.69) is 10.3 Å². The molecule has 1 aromatic carbocycles. The minimum Gasteiger partial charge on any atom is -0.399 e. The Kier molecular flexibility index (Phi) is 4.30. The largest absolute Gasteiger partial charge is 0.399 e.